The van der Waals surface area contributed by atoms with Crippen molar-refractivity contribution in [1.82, 2.24) is 4.57 Å². The molecule has 0 spiro atoms. The van der Waals surface area contributed by atoms with Crippen LogP contribution in [0.4, 0.5) is 0 Å². The summed E-state index contributed by atoms with van der Waals surface area (Å²) in [5.41, 5.74) is 3.15. The molecule has 0 radical (unpaired) electrons. The van der Waals surface area contributed by atoms with Crippen LogP contribution in [0.15, 0.2) is 34.6 Å². The van der Waals surface area contributed by atoms with Crippen LogP contribution in [0.3, 0.4) is 0 Å². The summed E-state index contributed by atoms with van der Waals surface area (Å²) in [6, 6.07) is 5.71. The zero-order valence-corrected chi connectivity index (χ0v) is 18.8. The van der Waals surface area contributed by atoms with Crippen molar-refractivity contribution in [2.75, 3.05) is 19.6 Å². The Labute approximate surface area is 184 Å². The molecule has 4 heterocycles. The maximum absolute atomic E-state index is 13.0. The molecule has 2 saturated heterocycles. The van der Waals surface area contributed by atoms with Crippen molar-refractivity contribution in [3.63, 3.8) is 0 Å². The summed E-state index contributed by atoms with van der Waals surface area (Å²) in [6.45, 7) is 8.54. The average Bonchev–Trinajstić information content (AvgIpc) is 3.01. The third kappa shape index (κ3) is 3.14. The lowest BCUT2D eigenvalue weighted by Crippen LogP contribution is -3.15. The van der Waals surface area contributed by atoms with E-state index in [0.717, 1.165) is 32.6 Å². The summed E-state index contributed by atoms with van der Waals surface area (Å²) in [6.07, 6.45) is 8.52. The maximum Gasteiger partial charge on any atom is 0.315 e. The first kappa shape index (κ1) is 19.8. The lowest BCUT2D eigenvalue weighted by molar-refractivity contribution is -0.913. The standard InChI is InChI=1S/C26H34N2O3/c1-16-5-4-8-26(2)11-23-19(10-21(16)26)20(25(30)31-23)15-27-12-17-9-18(14-27)22-6-3-7-24(29)28(22)13-17/h3,6-7,10,16-20,23H,4-5,8-9,11-15H2,1-2H3/p+1/t16-,17-,18+,19-,20+,23-,26-/m1/s1. The van der Waals surface area contributed by atoms with Gasteiger partial charge in [-0.15, -0.1) is 0 Å². The number of hydrogen-bond donors (Lipinski definition) is 1. The highest BCUT2D eigenvalue weighted by Gasteiger charge is 2.53. The summed E-state index contributed by atoms with van der Waals surface area (Å²) in [5.74, 6) is 1.86. The van der Waals surface area contributed by atoms with E-state index in [-0.39, 0.29) is 34.9 Å². The molecule has 1 unspecified atom stereocenters. The molecule has 0 amide bonds. The van der Waals surface area contributed by atoms with Crippen molar-refractivity contribution < 1.29 is 14.4 Å². The third-order valence-corrected chi connectivity index (χ3v) is 9.26. The number of piperidine rings is 1. The van der Waals surface area contributed by atoms with Crippen molar-refractivity contribution in [1.29, 1.82) is 0 Å². The van der Waals surface area contributed by atoms with E-state index in [4.69, 9.17) is 4.74 Å². The van der Waals surface area contributed by atoms with Gasteiger partial charge >= 0.3 is 5.97 Å². The van der Waals surface area contributed by atoms with E-state index in [9.17, 15) is 9.59 Å². The fourth-order valence-corrected chi connectivity index (χ4v) is 7.88. The van der Waals surface area contributed by atoms with Crippen molar-refractivity contribution in [3.8, 4) is 0 Å². The van der Waals surface area contributed by atoms with Gasteiger partial charge in [-0.25, -0.2) is 0 Å². The van der Waals surface area contributed by atoms with E-state index in [0.29, 0.717) is 17.8 Å². The molecular formula is C26H35N2O3+. The van der Waals surface area contributed by atoms with E-state index in [1.165, 1.54) is 36.3 Å². The number of nitrogens with one attached hydrogen (secondary N) is 1. The van der Waals surface area contributed by atoms with Gasteiger partial charge in [-0.2, -0.15) is 0 Å². The van der Waals surface area contributed by atoms with Gasteiger partial charge in [-0.3, -0.25) is 9.59 Å². The van der Waals surface area contributed by atoms with Crippen molar-refractivity contribution in [3.05, 3.63) is 45.9 Å². The molecule has 5 nitrogen and oxygen atoms in total. The molecule has 3 fully saturated rings. The van der Waals surface area contributed by atoms with E-state index in [1.54, 1.807) is 11.6 Å². The van der Waals surface area contributed by atoms with Crippen LogP contribution < -0.4 is 10.5 Å². The van der Waals surface area contributed by atoms with Gasteiger partial charge < -0.3 is 14.2 Å². The minimum absolute atomic E-state index is 0.0111. The predicted molar refractivity (Wildman–Crippen MR) is 118 cm³/mol. The number of likely N-dealkylation sites (tertiary alicyclic amines) is 1. The summed E-state index contributed by atoms with van der Waals surface area (Å²) in [5, 5.41) is 0. The van der Waals surface area contributed by atoms with Crippen LogP contribution in [0.25, 0.3) is 0 Å². The van der Waals surface area contributed by atoms with E-state index in [1.807, 2.05) is 10.6 Å². The van der Waals surface area contributed by atoms with Crippen LogP contribution in [0.5, 0.6) is 0 Å². The van der Waals surface area contributed by atoms with Gasteiger partial charge in [0.05, 0.1) is 19.6 Å². The number of aromatic nitrogens is 1. The largest absolute Gasteiger partial charge is 0.461 e. The lowest BCUT2D eigenvalue weighted by Gasteiger charge is -2.46. The van der Waals surface area contributed by atoms with E-state index in [2.05, 4.69) is 26.0 Å². The topological polar surface area (TPSA) is 52.7 Å². The quantitative estimate of drug-likeness (QED) is 0.586. The number of fused-ring (bicyclic) bond motifs is 6. The zero-order chi connectivity index (χ0) is 21.3. The molecule has 1 aromatic rings. The molecule has 2 aliphatic carbocycles. The molecule has 1 N–H and O–H groups in total. The number of nitrogens with zero attached hydrogens (tertiary/aromatic N) is 1. The molecule has 31 heavy (non-hydrogen) atoms. The van der Waals surface area contributed by atoms with Gasteiger partial charge in [0.1, 0.15) is 12.0 Å². The van der Waals surface area contributed by atoms with Crippen LogP contribution >= 0.6 is 0 Å². The minimum atomic E-state index is -0.0111. The molecule has 6 rings (SSSR count). The SMILES string of the molecule is C[C@@H]1CCC[C@]2(C)C[C@H]3OC(=O)[C@@H](C[NH+]4C[C@H]5C[C@@H](C4)c4cccc(=O)n4C5)[C@H]3C=C12. The first-order chi connectivity index (χ1) is 14.9. The number of esters is 1. The Balaban J connectivity index is 1.24. The number of hydrogen-bond acceptors (Lipinski definition) is 3. The zero-order valence-electron chi connectivity index (χ0n) is 18.8. The Kier molecular flexibility index (Phi) is 4.51. The number of rotatable bonds is 2. The molecule has 2 bridgehead atoms. The van der Waals surface area contributed by atoms with Crippen molar-refractivity contribution in [2.24, 2.45) is 29.1 Å². The smallest absolute Gasteiger partial charge is 0.315 e. The van der Waals surface area contributed by atoms with E-state index < -0.39 is 0 Å². The van der Waals surface area contributed by atoms with Crippen LogP contribution in [-0.2, 0) is 16.1 Å². The van der Waals surface area contributed by atoms with Crippen LogP contribution in [0.1, 0.15) is 57.6 Å². The number of carbonyl (C=O) groups excluding carboxylic acids is 1. The van der Waals surface area contributed by atoms with Crippen molar-refractivity contribution in [2.45, 2.75) is 64.5 Å². The Bertz CT molecular complexity index is 997. The molecule has 1 aromatic heterocycles. The lowest BCUT2D eigenvalue weighted by atomic mass is 9.59. The summed E-state index contributed by atoms with van der Waals surface area (Å²) < 4.78 is 7.98. The van der Waals surface area contributed by atoms with Crippen molar-refractivity contribution >= 4 is 5.97 Å². The highest BCUT2D eigenvalue weighted by atomic mass is 16.6. The Morgan fingerprint density at radius 3 is 3.00 bits per heavy atom. The normalized spacial score (nSPS) is 43.4. The Morgan fingerprint density at radius 1 is 1.26 bits per heavy atom. The number of pyridine rings is 1. The molecule has 5 heteroatoms. The summed E-state index contributed by atoms with van der Waals surface area (Å²) >= 11 is 0. The maximum atomic E-state index is 13.0. The number of allylic oxidation sites excluding steroid dienone is 1. The predicted octanol–water partition coefficient (Wildman–Crippen LogP) is 2.16. The molecule has 1 saturated carbocycles. The molecule has 0 aromatic carbocycles. The van der Waals surface area contributed by atoms with Crippen LogP contribution in [0.2, 0.25) is 0 Å². The minimum Gasteiger partial charge on any atom is -0.461 e. The highest BCUT2D eigenvalue weighted by molar-refractivity contribution is 5.76. The van der Waals surface area contributed by atoms with Gasteiger partial charge in [0.15, 0.2) is 0 Å². The fraction of sp³-hybridized carbons (Fsp3) is 0.692. The molecular weight excluding hydrogens is 388 g/mol. The molecule has 166 valence electrons. The second-order valence-corrected chi connectivity index (χ2v) is 11.4. The van der Waals surface area contributed by atoms with Gasteiger partial charge in [0.2, 0.25) is 0 Å². The van der Waals surface area contributed by atoms with Gasteiger partial charge in [-0.05, 0) is 43.1 Å². The summed E-state index contributed by atoms with van der Waals surface area (Å²) in [7, 11) is 0. The fourth-order valence-electron chi connectivity index (χ4n) is 7.88. The Morgan fingerprint density at radius 2 is 2.13 bits per heavy atom. The van der Waals surface area contributed by atoms with Crippen LogP contribution in [0, 0.1) is 29.1 Å². The Hall–Kier alpha value is -1.88. The number of ether oxygens (including phenoxy) is 1. The average molecular weight is 424 g/mol. The van der Waals surface area contributed by atoms with Crippen LogP contribution in [-0.4, -0.2) is 36.3 Å². The molecule has 3 aliphatic heterocycles. The molecule has 5 aliphatic rings. The second kappa shape index (κ2) is 7.06. The first-order valence-electron chi connectivity index (χ1n) is 12.4. The second-order valence-electron chi connectivity index (χ2n) is 11.4. The van der Waals surface area contributed by atoms with Gasteiger partial charge in [0, 0.05) is 36.1 Å². The summed E-state index contributed by atoms with van der Waals surface area (Å²) in [4.78, 5) is 26.8. The van der Waals surface area contributed by atoms with Gasteiger partial charge in [-0.1, -0.05) is 38.0 Å². The third-order valence-electron chi connectivity index (χ3n) is 9.26. The highest BCUT2D eigenvalue weighted by Crippen LogP contribution is 2.53. The number of quaternary nitrogens is 1. The van der Waals surface area contributed by atoms with Gasteiger partial charge in [0.25, 0.3) is 5.56 Å². The molecule has 8 atom stereocenters. The monoisotopic (exact) mass is 423 g/mol. The number of carbonyl (C=O) groups is 1. The first-order valence-corrected chi connectivity index (χ1v) is 12.4. The van der Waals surface area contributed by atoms with E-state index >= 15 is 0 Å².